The van der Waals surface area contributed by atoms with Gasteiger partial charge in [-0.3, -0.25) is 4.79 Å². The SMILES string of the molecule is CCOC(=O)C1CCC(n2c(N)nc3cc(CO)ccc32)CC1. The van der Waals surface area contributed by atoms with E-state index in [9.17, 15) is 9.90 Å². The number of carbonyl (C=O) groups is 1. The number of imidazole rings is 1. The van der Waals surface area contributed by atoms with E-state index in [1.54, 1.807) is 0 Å². The first kappa shape index (κ1) is 15.8. The Kier molecular flexibility index (Phi) is 4.52. The van der Waals surface area contributed by atoms with E-state index >= 15 is 0 Å². The summed E-state index contributed by atoms with van der Waals surface area (Å²) in [6.45, 7) is 2.26. The van der Waals surface area contributed by atoms with Gasteiger partial charge in [0.25, 0.3) is 0 Å². The molecule has 0 radical (unpaired) electrons. The lowest BCUT2D eigenvalue weighted by atomic mass is 9.86. The van der Waals surface area contributed by atoms with Gasteiger partial charge in [0.15, 0.2) is 0 Å². The topological polar surface area (TPSA) is 90.4 Å². The predicted molar refractivity (Wildman–Crippen MR) is 87.7 cm³/mol. The number of aliphatic hydroxyl groups is 1. The summed E-state index contributed by atoms with van der Waals surface area (Å²) in [5, 5.41) is 9.24. The minimum absolute atomic E-state index is 0.00296. The Hall–Kier alpha value is -2.08. The smallest absolute Gasteiger partial charge is 0.308 e. The number of rotatable bonds is 4. The van der Waals surface area contributed by atoms with E-state index < -0.39 is 0 Å². The molecule has 23 heavy (non-hydrogen) atoms. The summed E-state index contributed by atoms with van der Waals surface area (Å²) in [6, 6.07) is 5.98. The summed E-state index contributed by atoms with van der Waals surface area (Å²) >= 11 is 0. The van der Waals surface area contributed by atoms with E-state index in [0.29, 0.717) is 12.6 Å². The van der Waals surface area contributed by atoms with Crippen molar-refractivity contribution in [3.05, 3.63) is 23.8 Å². The molecule has 2 aromatic rings. The van der Waals surface area contributed by atoms with E-state index in [4.69, 9.17) is 10.5 Å². The molecule has 6 nitrogen and oxygen atoms in total. The number of carbonyl (C=O) groups excluding carboxylic acids is 1. The fourth-order valence-corrected chi connectivity index (χ4v) is 3.47. The standard InChI is InChI=1S/C17H23N3O3/c1-2-23-16(22)12-4-6-13(7-5-12)20-15-8-3-11(10-21)9-14(15)19-17(20)18/h3,8-9,12-13,21H,2,4-7,10H2,1H3,(H2,18,19). The highest BCUT2D eigenvalue weighted by atomic mass is 16.5. The van der Waals surface area contributed by atoms with Gasteiger partial charge in [0.2, 0.25) is 5.95 Å². The van der Waals surface area contributed by atoms with Gasteiger partial charge < -0.3 is 20.1 Å². The molecule has 1 aromatic carbocycles. The van der Waals surface area contributed by atoms with Gasteiger partial charge in [-0.2, -0.15) is 0 Å². The van der Waals surface area contributed by atoms with E-state index in [2.05, 4.69) is 9.55 Å². The molecule has 0 amide bonds. The fraction of sp³-hybridized carbons (Fsp3) is 0.529. The summed E-state index contributed by atoms with van der Waals surface area (Å²) in [4.78, 5) is 16.3. The number of nitrogens with two attached hydrogens (primary N) is 1. The number of benzene rings is 1. The zero-order valence-electron chi connectivity index (χ0n) is 13.4. The zero-order valence-corrected chi connectivity index (χ0v) is 13.4. The van der Waals surface area contributed by atoms with Crippen molar-refractivity contribution in [1.29, 1.82) is 0 Å². The molecular formula is C17H23N3O3. The van der Waals surface area contributed by atoms with Gasteiger partial charge in [-0.25, -0.2) is 4.98 Å². The van der Waals surface area contributed by atoms with Gasteiger partial charge in [-0.1, -0.05) is 6.07 Å². The number of hydrogen-bond donors (Lipinski definition) is 2. The van der Waals surface area contributed by atoms with Crippen LogP contribution in [0.25, 0.3) is 11.0 Å². The van der Waals surface area contributed by atoms with Crippen molar-refractivity contribution in [1.82, 2.24) is 9.55 Å². The fourth-order valence-electron chi connectivity index (χ4n) is 3.47. The van der Waals surface area contributed by atoms with Crippen LogP contribution in [0.2, 0.25) is 0 Å². The molecular weight excluding hydrogens is 294 g/mol. The number of nitrogen functional groups attached to an aromatic ring is 1. The maximum atomic E-state index is 11.9. The minimum atomic E-state index is -0.0815. The Balaban J connectivity index is 1.79. The van der Waals surface area contributed by atoms with Crippen LogP contribution >= 0.6 is 0 Å². The quantitative estimate of drug-likeness (QED) is 0.845. The number of aliphatic hydroxyl groups excluding tert-OH is 1. The summed E-state index contributed by atoms with van der Waals surface area (Å²) in [5.41, 5.74) is 8.74. The summed E-state index contributed by atoms with van der Waals surface area (Å²) in [5.74, 6) is 0.417. The van der Waals surface area contributed by atoms with Gasteiger partial charge in [0.1, 0.15) is 0 Å². The molecule has 1 fully saturated rings. The molecule has 1 heterocycles. The third kappa shape index (κ3) is 3.03. The average molecular weight is 317 g/mol. The van der Waals surface area contributed by atoms with Crippen molar-refractivity contribution < 1.29 is 14.6 Å². The molecule has 0 unspecified atom stereocenters. The van der Waals surface area contributed by atoms with Crippen molar-refractivity contribution in [2.75, 3.05) is 12.3 Å². The number of fused-ring (bicyclic) bond motifs is 1. The Morgan fingerprint density at radius 3 is 2.78 bits per heavy atom. The zero-order chi connectivity index (χ0) is 16.4. The molecule has 1 aromatic heterocycles. The first-order valence-electron chi connectivity index (χ1n) is 8.17. The molecule has 3 N–H and O–H groups in total. The van der Waals surface area contributed by atoms with Crippen molar-refractivity contribution in [2.24, 2.45) is 5.92 Å². The number of esters is 1. The Labute approximate surface area is 135 Å². The number of ether oxygens (including phenoxy) is 1. The van der Waals surface area contributed by atoms with Crippen molar-refractivity contribution >= 4 is 23.0 Å². The molecule has 124 valence electrons. The van der Waals surface area contributed by atoms with Gasteiger partial charge in [-0.15, -0.1) is 0 Å². The van der Waals surface area contributed by atoms with Crippen LogP contribution in [0.15, 0.2) is 18.2 Å². The lowest BCUT2D eigenvalue weighted by Gasteiger charge is -2.29. The number of nitrogens with zero attached hydrogens (tertiary/aromatic N) is 2. The molecule has 3 rings (SSSR count). The van der Waals surface area contributed by atoms with Gasteiger partial charge in [0, 0.05) is 6.04 Å². The van der Waals surface area contributed by atoms with Crippen LogP contribution in [0.1, 0.15) is 44.2 Å². The number of hydrogen-bond acceptors (Lipinski definition) is 5. The van der Waals surface area contributed by atoms with Crippen LogP contribution in [0.4, 0.5) is 5.95 Å². The second-order valence-corrected chi connectivity index (χ2v) is 6.08. The van der Waals surface area contributed by atoms with Crippen LogP contribution < -0.4 is 5.73 Å². The molecule has 0 atom stereocenters. The summed E-state index contributed by atoms with van der Waals surface area (Å²) in [7, 11) is 0. The Bertz CT molecular complexity index is 702. The first-order chi connectivity index (χ1) is 11.1. The lowest BCUT2D eigenvalue weighted by molar-refractivity contribution is -0.149. The number of aromatic nitrogens is 2. The molecule has 1 saturated carbocycles. The Morgan fingerprint density at radius 1 is 1.39 bits per heavy atom. The highest BCUT2D eigenvalue weighted by Gasteiger charge is 2.29. The van der Waals surface area contributed by atoms with Crippen molar-refractivity contribution in [3.63, 3.8) is 0 Å². The first-order valence-corrected chi connectivity index (χ1v) is 8.17. The second kappa shape index (κ2) is 6.58. The molecule has 0 spiro atoms. The maximum Gasteiger partial charge on any atom is 0.308 e. The number of anilines is 1. The maximum absolute atomic E-state index is 11.9. The van der Waals surface area contributed by atoms with E-state index in [-0.39, 0.29) is 24.5 Å². The summed E-state index contributed by atoms with van der Waals surface area (Å²) < 4.78 is 7.19. The molecule has 0 bridgehead atoms. The van der Waals surface area contributed by atoms with Crippen LogP contribution in [-0.2, 0) is 16.1 Å². The Morgan fingerprint density at radius 2 is 2.13 bits per heavy atom. The van der Waals surface area contributed by atoms with Crippen LogP contribution in [-0.4, -0.2) is 27.2 Å². The van der Waals surface area contributed by atoms with Crippen LogP contribution in [0.3, 0.4) is 0 Å². The molecule has 6 heteroatoms. The third-order valence-corrected chi connectivity index (χ3v) is 4.65. The average Bonchev–Trinajstić information content (AvgIpc) is 2.90. The highest BCUT2D eigenvalue weighted by Crippen LogP contribution is 2.36. The lowest BCUT2D eigenvalue weighted by Crippen LogP contribution is -2.25. The highest BCUT2D eigenvalue weighted by molar-refractivity contribution is 5.79. The molecule has 0 saturated heterocycles. The normalized spacial score (nSPS) is 21.5. The molecule has 0 aliphatic heterocycles. The monoisotopic (exact) mass is 317 g/mol. The molecule has 1 aliphatic carbocycles. The van der Waals surface area contributed by atoms with Gasteiger partial charge >= 0.3 is 5.97 Å². The van der Waals surface area contributed by atoms with Crippen LogP contribution in [0.5, 0.6) is 0 Å². The van der Waals surface area contributed by atoms with Gasteiger partial charge in [0.05, 0.1) is 30.2 Å². The second-order valence-electron chi connectivity index (χ2n) is 6.08. The van der Waals surface area contributed by atoms with Crippen molar-refractivity contribution in [2.45, 2.75) is 45.3 Å². The van der Waals surface area contributed by atoms with E-state index in [0.717, 1.165) is 42.3 Å². The predicted octanol–water partition coefficient (Wildman–Crippen LogP) is 2.41. The minimum Gasteiger partial charge on any atom is -0.466 e. The van der Waals surface area contributed by atoms with Crippen molar-refractivity contribution in [3.8, 4) is 0 Å². The third-order valence-electron chi connectivity index (χ3n) is 4.65. The summed E-state index contributed by atoms with van der Waals surface area (Å²) in [6.07, 6.45) is 3.41. The van der Waals surface area contributed by atoms with E-state index in [1.807, 2.05) is 25.1 Å². The largest absolute Gasteiger partial charge is 0.466 e. The van der Waals surface area contributed by atoms with Crippen LogP contribution in [0, 0.1) is 5.92 Å². The van der Waals surface area contributed by atoms with Gasteiger partial charge in [-0.05, 0) is 50.3 Å². The van der Waals surface area contributed by atoms with E-state index in [1.165, 1.54) is 0 Å². The molecule has 1 aliphatic rings.